The van der Waals surface area contributed by atoms with Crippen LogP contribution in [0.2, 0.25) is 0 Å². The molecule has 0 aliphatic rings. The van der Waals surface area contributed by atoms with Crippen LogP contribution in [0.4, 0.5) is 5.95 Å². The molecular weight excluding hydrogens is 228 g/mol. The lowest BCUT2D eigenvalue weighted by Gasteiger charge is -2.10. The summed E-state index contributed by atoms with van der Waals surface area (Å²) in [4.78, 5) is 20.1. The minimum absolute atomic E-state index is 0.0342. The van der Waals surface area contributed by atoms with E-state index in [-0.39, 0.29) is 12.5 Å². The maximum Gasteiger partial charge on any atom is 0.239 e. The van der Waals surface area contributed by atoms with E-state index in [0.29, 0.717) is 18.4 Å². The van der Waals surface area contributed by atoms with Crippen LogP contribution in [0.3, 0.4) is 0 Å². The third kappa shape index (κ3) is 4.69. The number of aryl methyl sites for hydroxylation is 1. The first-order chi connectivity index (χ1) is 8.52. The van der Waals surface area contributed by atoms with Gasteiger partial charge in [0, 0.05) is 17.9 Å². The second-order valence-corrected chi connectivity index (χ2v) is 4.62. The average molecular weight is 250 g/mol. The SMILES string of the molecule is CCCNC(=O)CNc1nc(C)cc(C(C)C)n1. The van der Waals surface area contributed by atoms with Gasteiger partial charge in [0.2, 0.25) is 11.9 Å². The molecule has 2 N–H and O–H groups in total. The van der Waals surface area contributed by atoms with Crippen LogP contribution in [0.25, 0.3) is 0 Å². The Bertz CT molecular complexity index is 404. The van der Waals surface area contributed by atoms with Gasteiger partial charge in [-0.2, -0.15) is 0 Å². The number of hydrogen-bond donors (Lipinski definition) is 2. The summed E-state index contributed by atoms with van der Waals surface area (Å²) >= 11 is 0. The lowest BCUT2D eigenvalue weighted by atomic mass is 10.1. The molecule has 0 unspecified atom stereocenters. The molecule has 0 radical (unpaired) electrons. The Labute approximate surface area is 108 Å². The Balaban J connectivity index is 2.59. The zero-order valence-electron chi connectivity index (χ0n) is 11.6. The van der Waals surface area contributed by atoms with Crippen LogP contribution in [0.1, 0.15) is 44.5 Å². The topological polar surface area (TPSA) is 66.9 Å². The van der Waals surface area contributed by atoms with Crippen molar-refractivity contribution in [2.75, 3.05) is 18.4 Å². The van der Waals surface area contributed by atoms with E-state index in [4.69, 9.17) is 0 Å². The molecule has 0 bridgehead atoms. The Morgan fingerprint density at radius 2 is 2.11 bits per heavy atom. The van der Waals surface area contributed by atoms with Crippen molar-refractivity contribution in [3.05, 3.63) is 17.5 Å². The van der Waals surface area contributed by atoms with Crippen molar-refractivity contribution in [3.8, 4) is 0 Å². The molecule has 0 saturated heterocycles. The fraction of sp³-hybridized carbons (Fsp3) is 0.615. The number of rotatable bonds is 6. The second-order valence-electron chi connectivity index (χ2n) is 4.62. The fourth-order valence-electron chi connectivity index (χ4n) is 1.45. The van der Waals surface area contributed by atoms with Crippen molar-refractivity contribution in [1.82, 2.24) is 15.3 Å². The smallest absolute Gasteiger partial charge is 0.239 e. The normalized spacial score (nSPS) is 10.5. The molecule has 0 aliphatic carbocycles. The molecule has 0 fully saturated rings. The van der Waals surface area contributed by atoms with Gasteiger partial charge in [0.1, 0.15) is 0 Å². The minimum Gasteiger partial charge on any atom is -0.355 e. The third-order valence-corrected chi connectivity index (χ3v) is 2.44. The zero-order valence-corrected chi connectivity index (χ0v) is 11.6. The van der Waals surface area contributed by atoms with Gasteiger partial charge in [-0.15, -0.1) is 0 Å². The van der Waals surface area contributed by atoms with E-state index in [9.17, 15) is 4.79 Å². The summed E-state index contributed by atoms with van der Waals surface area (Å²) in [7, 11) is 0. The zero-order chi connectivity index (χ0) is 13.5. The van der Waals surface area contributed by atoms with Crippen LogP contribution in [-0.2, 0) is 4.79 Å². The van der Waals surface area contributed by atoms with Gasteiger partial charge in [-0.05, 0) is 25.3 Å². The lowest BCUT2D eigenvalue weighted by molar-refractivity contribution is -0.119. The molecule has 0 atom stereocenters. The van der Waals surface area contributed by atoms with Gasteiger partial charge in [-0.25, -0.2) is 9.97 Å². The van der Waals surface area contributed by atoms with E-state index >= 15 is 0 Å². The molecule has 0 aliphatic heterocycles. The maximum atomic E-state index is 11.4. The molecule has 1 heterocycles. The van der Waals surface area contributed by atoms with E-state index in [1.165, 1.54) is 0 Å². The van der Waals surface area contributed by atoms with E-state index in [2.05, 4.69) is 34.4 Å². The van der Waals surface area contributed by atoms with Gasteiger partial charge in [0.15, 0.2) is 0 Å². The van der Waals surface area contributed by atoms with Gasteiger partial charge in [0.05, 0.1) is 6.54 Å². The minimum atomic E-state index is -0.0342. The number of carbonyl (C=O) groups is 1. The van der Waals surface area contributed by atoms with Crippen LogP contribution >= 0.6 is 0 Å². The van der Waals surface area contributed by atoms with Gasteiger partial charge >= 0.3 is 0 Å². The van der Waals surface area contributed by atoms with Crippen molar-refractivity contribution < 1.29 is 4.79 Å². The van der Waals surface area contributed by atoms with E-state index in [1.807, 2.05) is 19.9 Å². The predicted molar refractivity (Wildman–Crippen MR) is 72.6 cm³/mol. The van der Waals surface area contributed by atoms with Gasteiger partial charge in [0.25, 0.3) is 0 Å². The van der Waals surface area contributed by atoms with Crippen molar-refractivity contribution in [1.29, 1.82) is 0 Å². The first-order valence-electron chi connectivity index (χ1n) is 6.39. The molecule has 5 nitrogen and oxygen atoms in total. The van der Waals surface area contributed by atoms with Crippen LogP contribution in [0.15, 0.2) is 6.07 Å². The molecule has 1 aromatic heterocycles. The monoisotopic (exact) mass is 250 g/mol. The highest BCUT2D eigenvalue weighted by atomic mass is 16.1. The first kappa shape index (κ1) is 14.4. The summed E-state index contributed by atoms with van der Waals surface area (Å²) in [5.74, 6) is 0.833. The van der Waals surface area contributed by atoms with Gasteiger partial charge in [-0.1, -0.05) is 20.8 Å². The second kappa shape index (κ2) is 6.93. The fourth-order valence-corrected chi connectivity index (χ4v) is 1.45. The summed E-state index contributed by atoms with van der Waals surface area (Å²) in [5, 5.41) is 5.75. The third-order valence-electron chi connectivity index (χ3n) is 2.44. The quantitative estimate of drug-likeness (QED) is 0.808. The number of nitrogens with one attached hydrogen (secondary N) is 2. The molecule has 1 rings (SSSR count). The number of nitrogens with zero attached hydrogens (tertiary/aromatic N) is 2. The van der Waals surface area contributed by atoms with Crippen LogP contribution in [0.5, 0.6) is 0 Å². The van der Waals surface area contributed by atoms with Crippen molar-refractivity contribution in [2.45, 2.75) is 40.0 Å². The Morgan fingerprint density at radius 3 is 2.72 bits per heavy atom. The van der Waals surface area contributed by atoms with Gasteiger partial charge < -0.3 is 10.6 Å². The van der Waals surface area contributed by atoms with E-state index in [0.717, 1.165) is 17.8 Å². The molecule has 0 saturated carbocycles. The standard InChI is InChI=1S/C13H22N4O/c1-5-6-14-12(18)8-15-13-16-10(4)7-11(17-13)9(2)3/h7,9H,5-6,8H2,1-4H3,(H,14,18)(H,15,16,17). The Kier molecular flexibility index (Phi) is 5.55. The molecule has 1 aromatic rings. The number of anilines is 1. The molecule has 100 valence electrons. The molecule has 5 heteroatoms. The molecular formula is C13H22N4O. The number of carbonyl (C=O) groups excluding carboxylic acids is 1. The molecule has 1 amide bonds. The summed E-state index contributed by atoms with van der Waals surface area (Å²) in [6.45, 7) is 9.02. The lowest BCUT2D eigenvalue weighted by Crippen LogP contribution is -2.30. The molecule has 0 spiro atoms. The number of hydrogen-bond acceptors (Lipinski definition) is 4. The highest BCUT2D eigenvalue weighted by Gasteiger charge is 2.07. The summed E-state index contributed by atoms with van der Waals surface area (Å²) in [5.41, 5.74) is 1.89. The molecule has 18 heavy (non-hydrogen) atoms. The van der Waals surface area contributed by atoms with Crippen molar-refractivity contribution in [3.63, 3.8) is 0 Å². The molecule has 0 aromatic carbocycles. The summed E-state index contributed by atoms with van der Waals surface area (Å²) < 4.78 is 0. The highest BCUT2D eigenvalue weighted by Crippen LogP contribution is 2.14. The number of amides is 1. The summed E-state index contributed by atoms with van der Waals surface area (Å²) in [6.07, 6.45) is 0.935. The first-order valence-corrected chi connectivity index (χ1v) is 6.39. The maximum absolute atomic E-state index is 11.4. The van der Waals surface area contributed by atoms with E-state index < -0.39 is 0 Å². The Hall–Kier alpha value is -1.65. The Morgan fingerprint density at radius 1 is 1.39 bits per heavy atom. The van der Waals surface area contributed by atoms with Crippen LogP contribution in [-0.4, -0.2) is 29.0 Å². The van der Waals surface area contributed by atoms with Crippen molar-refractivity contribution >= 4 is 11.9 Å². The average Bonchev–Trinajstić information content (AvgIpc) is 2.33. The largest absolute Gasteiger partial charge is 0.355 e. The van der Waals surface area contributed by atoms with E-state index in [1.54, 1.807) is 0 Å². The summed E-state index contributed by atoms with van der Waals surface area (Å²) in [6, 6.07) is 1.97. The van der Waals surface area contributed by atoms with Gasteiger partial charge in [-0.3, -0.25) is 4.79 Å². The predicted octanol–water partition coefficient (Wildman–Crippen LogP) is 1.85. The van der Waals surface area contributed by atoms with Crippen molar-refractivity contribution in [2.24, 2.45) is 0 Å². The van der Waals surface area contributed by atoms with Crippen LogP contribution in [0, 0.1) is 6.92 Å². The number of aromatic nitrogens is 2. The van der Waals surface area contributed by atoms with Crippen LogP contribution < -0.4 is 10.6 Å². The highest BCUT2D eigenvalue weighted by molar-refractivity contribution is 5.80.